The van der Waals surface area contributed by atoms with Gasteiger partial charge in [-0.1, -0.05) is 12.1 Å². The van der Waals surface area contributed by atoms with E-state index in [1.165, 1.54) is 12.1 Å². The van der Waals surface area contributed by atoms with Crippen LogP contribution >= 0.6 is 0 Å². The number of rotatable bonds is 6. The first-order chi connectivity index (χ1) is 13.2. The third-order valence-electron chi connectivity index (χ3n) is 4.35. The number of aromatic nitrogens is 1. The van der Waals surface area contributed by atoms with Crippen molar-refractivity contribution in [2.45, 2.75) is 30.5 Å². The maximum Gasteiger partial charge on any atom is 0.417 e. The summed E-state index contributed by atoms with van der Waals surface area (Å²) in [4.78, 5) is 5.67. The second-order valence-corrected chi connectivity index (χ2v) is 8.02. The van der Waals surface area contributed by atoms with E-state index in [1.807, 2.05) is 0 Å². The van der Waals surface area contributed by atoms with E-state index in [0.717, 1.165) is 12.3 Å². The molecule has 2 heterocycles. The molecule has 0 radical (unpaired) electrons. The van der Waals surface area contributed by atoms with E-state index in [-0.39, 0.29) is 16.7 Å². The van der Waals surface area contributed by atoms with Gasteiger partial charge in [0.15, 0.2) is 0 Å². The molecular weight excluding hydrogens is 395 g/mol. The van der Waals surface area contributed by atoms with Crippen LogP contribution < -0.4 is 14.4 Å². The predicted molar refractivity (Wildman–Crippen MR) is 97.8 cm³/mol. The topological polar surface area (TPSA) is 71.5 Å². The van der Waals surface area contributed by atoms with Gasteiger partial charge < -0.3 is 9.64 Å². The van der Waals surface area contributed by atoms with Gasteiger partial charge in [-0.3, -0.25) is 0 Å². The lowest BCUT2D eigenvalue weighted by Crippen LogP contribution is -2.37. The Morgan fingerprint density at radius 2 is 2.00 bits per heavy atom. The van der Waals surface area contributed by atoms with Crippen molar-refractivity contribution in [2.24, 2.45) is 0 Å². The molecule has 1 aliphatic heterocycles. The fourth-order valence-corrected chi connectivity index (χ4v) is 4.44. The quantitative estimate of drug-likeness (QED) is 0.785. The van der Waals surface area contributed by atoms with Crippen LogP contribution in [0.1, 0.15) is 18.9 Å². The van der Waals surface area contributed by atoms with Crippen LogP contribution in [0.2, 0.25) is 0 Å². The minimum absolute atomic E-state index is 0.0583. The fourth-order valence-electron chi connectivity index (χ4n) is 3.04. The Morgan fingerprint density at radius 1 is 1.25 bits per heavy atom. The molecule has 1 fully saturated rings. The van der Waals surface area contributed by atoms with E-state index in [0.29, 0.717) is 31.9 Å². The molecule has 1 aliphatic rings. The standard InChI is InChI=1S/C18H20F3N3O3S/c1-2-27-15-5-3-4-6-16(15)28(25,26)23-14-9-10-24(12-14)17-8-7-13(11-22-17)18(19,20)21/h3-8,11,14,23H,2,9-10,12H2,1H3. The molecule has 1 N–H and O–H groups in total. The summed E-state index contributed by atoms with van der Waals surface area (Å²) in [5.74, 6) is 0.654. The Kier molecular flexibility index (Phi) is 5.80. The zero-order valence-corrected chi connectivity index (χ0v) is 15.9. The van der Waals surface area contributed by atoms with E-state index in [2.05, 4.69) is 9.71 Å². The number of halogens is 3. The van der Waals surface area contributed by atoms with Crippen molar-refractivity contribution in [3.63, 3.8) is 0 Å². The summed E-state index contributed by atoms with van der Waals surface area (Å²) in [5, 5.41) is 0. The van der Waals surface area contributed by atoms with E-state index in [9.17, 15) is 21.6 Å². The van der Waals surface area contributed by atoms with E-state index >= 15 is 0 Å². The molecule has 1 atom stereocenters. The van der Waals surface area contributed by atoms with Gasteiger partial charge >= 0.3 is 6.18 Å². The van der Waals surface area contributed by atoms with Crippen molar-refractivity contribution in [3.8, 4) is 5.75 Å². The van der Waals surface area contributed by atoms with Crippen molar-refractivity contribution in [1.29, 1.82) is 0 Å². The Labute approximate surface area is 161 Å². The van der Waals surface area contributed by atoms with Gasteiger partial charge in [-0.15, -0.1) is 0 Å². The van der Waals surface area contributed by atoms with Crippen LogP contribution in [0.5, 0.6) is 5.75 Å². The van der Waals surface area contributed by atoms with Gasteiger partial charge in [0.25, 0.3) is 0 Å². The first kappa shape index (κ1) is 20.4. The van der Waals surface area contributed by atoms with Gasteiger partial charge in [0, 0.05) is 25.3 Å². The summed E-state index contributed by atoms with van der Waals surface area (Å²) >= 11 is 0. The van der Waals surface area contributed by atoms with Crippen LogP contribution in [0.4, 0.5) is 19.0 Å². The number of ether oxygens (including phenoxy) is 1. The molecule has 2 aromatic rings. The minimum atomic E-state index is -4.44. The first-order valence-corrected chi connectivity index (χ1v) is 10.2. The molecule has 3 rings (SSSR count). The summed E-state index contributed by atoms with van der Waals surface area (Å²) in [6.45, 7) is 2.90. The lowest BCUT2D eigenvalue weighted by Gasteiger charge is -2.19. The Bertz CT molecular complexity index is 918. The highest BCUT2D eigenvalue weighted by atomic mass is 32.2. The molecule has 0 saturated carbocycles. The number of para-hydroxylation sites is 1. The van der Waals surface area contributed by atoms with Gasteiger partial charge in [0.05, 0.1) is 12.2 Å². The molecule has 0 spiro atoms. The second kappa shape index (κ2) is 7.96. The smallest absolute Gasteiger partial charge is 0.417 e. The number of hydrogen-bond acceptors (Lipinski definition) is 5. The average molecular weight is 415 g/mol. The molecule has 28 heavy (non-hydrogen) atoms. The van der Waals surface area contributed by atoms with Crippen LogP contribution in [0.3, 0.4) is 0 Å². The van der Waals surface area contributed by atoms with Crippen molar-refractivity contribution >= 4 is 15.8 Å². The number of nitrogens with zero attached hydrogens (tertiary/aromatic N) is 2. The third kappa shape index (κ3) is 4.56. The van der Waals surface area contributed by atoms with Gasteiger partial charge in [-0.25, -0.2) is 18.1 Å². The maximum atomic E-state index is 12.7. The molecule has 1 aromatic carbocycles. The first-order valence-electron chi connectivity index (χ1n) is 8.73. The third-order valence-corrected chi connectivity index (χ3v) is 5.91. The number of benzene rings is 1. The zero-order valence-electron chi connectivity index (χ0n) is 15.1. The Balaban J connectivity index is 1.69. The fraction of sp³-hybridized carbons (Fsp3) is 0.389. The van der Waals surface area contributed by atoms with Crippen LogP contribution in [0.25, 0.3) is 0 Å². The van der Waals surface area contributed by atoms with Gasteiger partial charge in [0.2, 0.25) is 10.0 Å². The molecule has 1 saturated heterocycles. The predicted octanol–water partition coefficient (Wildman–Crippen LogP) is 3.06. The molecule has 1 unspecified atom stereocenters. The normalized spacial score (nSPS) is 17.7. The lowest BCUT2D eigenvalue weighted by atomic mass is 10.3. The maximum absolute atomic E-state index is 12.7. The number of anilines is 1. The summed E-state index contributed by atoms with van der Waals surface area (Å²) in [7, 11) is -3.80. The Hall–Kier alpha value is -2.33. The molecule has 1 aromatic heterocycles. The Morgan fingerprint density at radius 3 is 2.64 bits per heavy atom. The molecule has 10 heteroatoms. The number of nitrogens with one attached hydrogen (secondary N) is 1. The summed E-state index contributed by atoms with van der Waals surface area (Å²) < 4.78 is 71.5. The molecule has 0 bridgehead atoms. The molecule has 152 valence electrons. The molecular formula is C18H20F3N3O3S. The number of hydrogen-bond donors (Lipinski definition) is 1. The van der Waals surface area contributed by atoms with E-state index < -0.39 is 21.8 Å². The summed E-state index contributed by atoms with van der Waals surface area (Å²) in [6.07, 6.45) is -3.15. The highest BCUT2D eigenvalue weighted by Gasteiger charge is 2.32. The SMILES string of the molecule is CCOc1ccccc1S(=O)(=O)NC1CCN(c2ccc(C(F)(F)F)cn2)C1. The van der Waals surface area contributed by atoms with Gasteiger partial charge in [0.1, 0.15) is 16.5 Å². The van der Waals surface area contributed by atoms with Gasteiger partial charge in [-0.05, 0) is 37.6 Å². The van der Waals surface area contributed by atoms with Gasteiger partial charge in [-0.2, -0.15) is 13.2 Å². The average Bonchev–Trinajstić information content (AvgIpc) is 3.09. The highest BCUT2D eigenvalue weighted by molar-refractivity contribution is 7.89. The van der Waals surface area contributed by atoms with Crippen LogP contribution in [0, 0.1) is 0 Å². The van der Waals surface area contributed by atoms with Crippen LogP contribution in [0.15, 0.2) is 47.5 Å². The van der Waals surface area contributed by atoms with Crippen molar-refractivity contribution in [2.75, 3.05) is 24.6 Å². The summed E-state index contributed by atoms with van der Waals surface area (Å²) in [5.41, 5.74) is -0.819. The number of alkyl halides is 3. The van der Waals surface area contributed by atoms with E-state index in [4.69, 9.17) is 4.74 Å². The van der Waals surface area contributed by atoms with Crippen molar-refractivity contribution in [3.05, 3.63) is 48.2 Å². The van der Waals surface area contributed by atoms with Crippen LogP contribution in [-0.4, -0.2) is 39.1 Å². The molecule has 0 amide bonds. The highest BCUT2D eigenvalue weighted by Crippen LogP contribution is 2.30. The zero-order chi connectivity index (χ0) is 20.4. The molecule has 6 nitrogen and oxygen atoms in total. The van der Waals surface area contributed by atoms with E-state index in [1.54, 1.807) is 30.0 Å². The largest absolute Gasteiger partial charge is 0.492 e. The number of sulfonamides is 1. The number of pyridine rings is 1. The van der Waals surface area contributed by atoms with Crippen LogP contribution in [-0.2, 0) is 16.2 Å². The van der Waals surface area contributed by atoms with Crippen molar-refractivity contribution < 1.29 is 26.3 Å². The minimum Gasteiger partial charge on any atom is -0.492 e. The lowest BCUT2D eigenvalue weighted by molar-refractivity contribution is -0.137. The monoisotopic (exact) mass is 415 g/mol. The second-order valence-electron chi connectivity index (χ2n) is 6.34. The molecule has 0 aliphatic carbocycles. The summed E-state index contributed by atoms with van der Waals surface area (Å²) in [6, 6.07) is 8.25. The van der Waals surface area contributed by atoms with Crippen molar-refractivity contribution in [1.82, 2.24) is 9.71 Å².